The molecule has 0 atom stereocenters. The van der Waals surface area contributed by atoms with E-state index in [2.05, 4.69) is 20.8 Å². The number of nitrogens with one attached hydrogen (secondary N) is 1. The van der Waals surface area contributed by atoms with Crippen molar-refractivity contribution in [2.45, 2.75) is 20.3 Å². The summed E-state index contributed by atoms with van der Waals surface area (Å²) >= 11 is 0. The number of carbonyl (C=O) groups excluding carboxylic acids is 1. The van der Waals surface area contributed by atoms with E-state index in [-0.39, 0.29) is 35.1 Å². The maximum absolute atomic E-state index is 12.4. The summed E-state index contributed by atoms with van der Waals surface area (Å²) in [6.45, 7) is 3.77. The molecule has 0 fully saturated rings. The van der Waals surface area contributed by atoms with Gasteiger partial charge in [0.2, 0.25) is 11.6 Å². The molecule has 0 aliphatic heterocycles. The van der Waals surface area contributed by atoms with Crippen LogP contribution in [0.4, 0.5) is 11.4 Å². The molecular formula is C20H20N4O5. The van der Waals surface area contributed by atoms with Gasteiger partial charge in [-0.05, 0) is 54.4 Å². The van der Waals surface area contributed by atoms with E-state index in [4.69, 9.17) is 10.2 Å². The van der Waals surface area contributed by atoms with Gasteiger partial charge >= 0.3 is 11.9 Å². The highest BCUT2D eigenvalue weighted by atomic mass is 16.4. The monoisotopic (exact) mass is 396 g/mol. The van der Waals surface area contributed by atoms with Crippen molar-refractivity contribution in [1.29, 1.82) is 0 Å². The minimum Gasteiger partial charge on any atom is -0.478 e. The van der Waals surface area contributed by atoms with Gasteiger partial charge < -0.3 is 10.2 Å². The molecule has 0 aliphatic carbocycles. The van der Waals surface area contributed by atoms with Crippen LogP contribution in [0.25, 0.3) is 0 Å². The molecule has 0 saturated heterocycles. The summed E-state index contributed by atoms with van der Waals surface area (Å²) in [7, 11) is 0. The number of hydrogen-bond donors (Lipinski definition) is 3. The molecule has 0 bridgehead atoms. The Labute approximate surface area is 166 Å². The van der Waals surface area contributed by atoms with Crippen molar-refractivity contribution < 1.29 is 24.6 Å². The van der Waals surface area contributed by atoms with E-state index >= 15 is 0 Å². The lowest BCUT2D eigenvalue weighted by atomic mass is 10.1. The summed E-state index contributed by atoms with van der Waals surface area (Å²) in [5.41, 5.74) is 3.75. The molecule has 2 aromatic rings. The van der Waals surface area contributed by atoms with Crippen LogP contribution in [0.3, 0.4) is 0 Å². The van der Waals surface area contributed by atoms with Gasteiger partial charge in [0.15, 0.2) is 0 Å². The first-order chi connectivity index (χ1) is 13.8. The Morgan fingerprint density at radius 2 is 1.41 bits per heavy atom. The molecule has 3 N–H and O–H groups in total. The van der Waals surface area contributed by atoms with Gasteiger partial charge in [-0.1, -0.05) is 13.8 Å². The maximum atomic E-state index is 12.4. The van der Waals surface area contributed by atoms with Crippen LogP contribution in [0.1, 0.15) is 41.0 Å². The van der Waals surface area contributed by atoms with Crippen molar-refractivity contribution in [3.05, 3.63) is 59.7 Å². The first kappa shape index (κ1) is 21.4. The molecule has 0 aliphatic rings. The fraction of sp³-hybridized carbons (Fsp3) is 0.200. The molecule has 0 spiro atoms. The van der Waals surface area contributed by atoms with E-state index in [1.54, 1.807) is 0 Å². The third kappa shape index (κ3) is 6.65. The number of azo groups is 1. The van der Waals surface area contributed by atoms with Crippen molar-refractivity contribution in [3.8, 4) is 0 Å². The molecule has 0 unspecified atom stereocenters. The van der Waals surface area contributed by atoms with Crippen LogP contribution in [0.15, 0.2) is 63.9 Å². The van der Waals surface area contributed by atoms with Gasteiger partial charge in [0.1, 0.15) is 0 Å². The number of carboxylic acids is 2. The zero-order valence-electron chi connectivity index (χ0n) is 15.9. The summed E-state index contributed by atoms with van der Waals surface area (Å²) in [5, 5.41) is 29.7. The lowest BCUT2D eigenvalue weighted by molar-refractivity contribution is -0.113. The molecule has 0 saturated carbocycles. The molecular weight excluding hydrogens is 376 g/mol. The number of Topliss-reactive ketones (excluding diaryl/α,β-unsaturated/α-hetero) is 1. The number of nitrogens with zero attached hydrogens (tertiary/aromatic N) is 3. The van der Waals surface area contributed by atoms with E-state index in [9.17, 15) is 14.4 Å². The predicted octanol–water partition coefficient (Wildman–Crippen LogP) is 4.21. The van der Waals surface area contributed by atoms with Crippen LogP contribution < -0.4 is 5.43 Å². The van der Waals surface area contributed by atoms with Crippen molar-refractivity contribution in [2.24, 2.45) is 21.2 Å². The second kappa shape index (κ2) is 9.88. The number of hydrazone groups is 1. The number of carbonyl (C=O) groups is 3. The Morgan fingerprint density at radius 1 is 0.897 bits per heavy atom. The van der Waals surface area contributed by atoms with Crippen LogP contribution in [-0.2, 0) is 4.79 Å². The van der Waals surface area contributed by atoms with E-state index in [0.717, 1.165) is 0 Å². The fourth-order valence-electron chi connectivity index (χ4n) is 2.18. The topological polar surface area (TPSA) is 141 Å². The third-order valence-electron chi connectivity index (χ3n) is 3.64. The van der Waals surface area contributed by atoms with Gasteiger partial charge in [-0.15, -0.1) is 15.3 Å². The summed E-state index contributed by atoms with van der Waals surface area (Å²) in [5.74, 6) is -2.48. The van der Waals surface area contributed by atoms with Gasteiger partial charge in [-0.3, -0.25) is 10.2 Å². The summed E-state index contributed by atoms with van der Waals surface area (Å²) in [6, 6.07) is 11.5. The number of ketones is 1. The van der Waals surface area contributed by atoms with Gasteiger partial charge in [0, 0.05) is 6.42 Å². The summed E-state index contributed by atoms with van der Waals surface area (Å²) in [4.78, 5) is 34.2. The molecule has 0 amide bonds. The maximum Gasteiger partial charge on any atom is 0.335 e. The molecule has 2 rings (SSSR count). The molecule has 0 aromatic heterocycles. The third-order valence-corrected chi connectivity index (χ3v) is 3.64. The minimum atomic E-state index is -1.05. The highest BCUT2D eigenvalue weighted by molar-refractivity contribution is 6.39. The van der Waals surface area contributed by atoms with Crippen molar-refractivity contribution >= 4 is 34.9 Å². The molecule has 2 aromatic carbocycles. The van der Waals surface area contributed by atoms with Crippen LogP contribution in [0.5, 0.6) is 0 Å². The fourth-order valence-corrected chi connectivity index (χ4v) is 2.18. The quantitative estimate of drug-likeness (QED) is 0.264. The van der Waals surface area contributed by atoms with Gasteiger partial charge in [0.05, 0.1) is 22.5 Å². The Bertz CT molecular complexity index is 948. The van der Waals surface area contributed by atoms with Crippen LogP contribution in [-0.4, -0.2) is 33.8 Å². The first-order valence-corrected chi connectivity index (χ1v) is 8.71. The summed E-state index contributed by atoms with van der Waals surface area (Å²) in [6.07, 6.45) is 0.218. The largest absolute Gasteiger partial charge is 0.478 e. The van der Waals surface area contributed by atoms with Crippen molar-refractivity contribution in [3.63, 3.8) is 0 Å². The predicted molar refractivity (Wildman–Crippen MR) is 107 cm³/mol. The lowest BCUT2D eigenvalue weighted by Crippen LogP contribution is -2.15. The Kier molecular flexibility index (Phi) is 7.30. The second-order valence-corrected chi connectivity index (χ2v) is 6.50. The smallest absolute Gasteiger partial charge is 0.335 e. The van der Waals surface area contributed by atoms with Crippen molar-refractivity contribution in [2.75, 3.05) is 5.43 Å². The van der Waals surface area contributed by atoms with Crippen LogP contribution >= 0.6 is 0 Å². The molecule has 150 valence electrons. The molecule has 9 heteroatoms. The highest BCUT2D eigenvalue weighted by Gasteiger charge is 2.14. The first-order valence-electron chi connectivity index (χ1n) is 8.71. The zero-order valence-corrected chi connectivity index (χ0v) is 15.9. The summed E-state index contributed by atoms with van der Waals surface area (Å²) < 4.78 is 0. The number of hydrogen-bond acceptors (Lipinski definition) is 6. The number of carboxylic acid groups (broad SMARTS) is 2. The van der Waals surface area contributed by atoms with Crippen LogP contribution in [0, 0.1) is 5.92 Å². The minimum absolute atomic E-state index is 0.0904. The Balaban J connectivity index is 2.21. The number of aromatic carboxylic acids is 2. The molecule has 9 nitrogen and oxygen atoms in total. The number of amidine groups is 1. The van der Waals surface area contributed by atoms with Gasteiger partial charge in [-0.2, -0.15) is 0 Å². The number of anilines is 1. The van der Waals surface area contributed by atoms with Crippen LogP contribution in [0.2, 0.25) is 0 Å². The SMILES string of the molecule is CC(C)CC(=O)/C(N=Nc1ccc(C(=O)O)cc1)=N\Nc1ccc(C(=O)O)cc1. The standard InChI is InChI=1S/C20H20N4O5/c1-12(2)11-17(25)18(23-21-15-7-3-13(4-8-15)19(26)27)24-22-16-9-5-14(6-10-16)20(28)29/h3-10,12,21H,11H2,1-2H3,(H,26,27)(H,28,29)/b23-18+,24-22?. The van der Waals surface area contributed by atoms with Gasteiger partial charge in [-0.25, -0.2) is 9.59 Å². The Morgan fingerprint density at radius 3 is 1.90 bits per heavy atom. The van der Waals surface area contributed by atoms with Gasteiger partial charge in [0.25, 0.3) is 0 Å². The van der Waals surface area contributed by atoms with E-state index in [1.807, 2.05) is 13.8 Å². The average Bonchev–Trinajstić information content (AvgIpc) is 2.68. The zero-order chi connectivity index (χ0) is 21.4. The lowest BCUT2D eigenvalue weighted by Gasteiger charge is -2.05. The normalized spacial score (nSPS) is 11.6. The van der Waals surface area contributed by atoms with E-state index in [1.165, 1.54) is 48.5 Å². The highest BCUT2D eigenvalue weighted by Crippen LogP contribution is 2.15. The average molecular weight is 396 g/mol. The molecule has 0 heterocycles. The second-order valence-electron chi connectivity index (χ2n) is 6.50. The van der Waals surface area contributed by atoms with E-state index < -0.39 is 11.9 Å². The Hall–Kier alpha value is -3.88. The molecule has 29 heavy (non-hydrogen) atoms. The van der Waals surface area contributed by atoms with E-state index in [0.29, 0.717) is 11.4 Å². The number of benzene rings is 2. The number of rotatable bonds is 8. The van der Waals surface area contributed by atoms with Crippen molar-refractivity contribution in [1.82, 2.24) is 0 Å². The molecule has 0 radical (unpaired) electrons.